The summed E-state index contributed by atoms with van der Waals surface area (Å²) in [4.78, 5) is 194. The van der Waals surface area contributed by atoms with Crippen LogP contribution in [0.1, 0.15) is 112 Å². The van der Waals surface area contributed by atoms with E-state index in [0.717, 1.165) is 0 Å². The second-order valence-electron chi connectivity index (χ2n) is 26.6. The van der Waals surface area contributed by atoms with Crippen LogP contribution in [-0.4, -0.2) is 220 Å². The number of benzene rings is 2. The van der Waals surface area contributed by atoms with Crippen molar-refractivity contribution in [2.24, 2.45) is 46.1 Å². The molecule has 0 unspecified atom stereocenters. The molecule has 0 aliphatic rings. The van der Waals surface area contributed by atoms with Gasteiger partial charge in [0.25, 0.3) is 0 Å². The van der Waals surface area contributed by atoms with E-state index < -0.39 is 205 Å². The van der Waals surface area contributed by atoms with Crippen LogP contribution in [0.5, 0.6) is 0 Å². The standard InChI is InChI=1S/C67H105N17O18/c1-10-36(6)53(65(100)84-54(66(101)102)67(7,8)9)83-64(99)52(35(4)5)82-58(93)41(20-21-50(88)89)75-59(94)45(28-37-16-12-11-13-17-37)79-57(92)44(24-27-70)76-56(91)43(23-26-69)77-62(97)48(33-86)81-60(95)46(29-38-30-72-40-19-15-14-18-39(38)40)80-61(96)47(32-85)74-49(87)31-73-55(90)42(22-25-68)78-63(98)51(71)34(2)3/h11-19,30,34-36,41-48,51-54,72,85-86H,10,20-29,31-33,68-71H2,1-9H3,(H,73,90)(H,74,87)(H,75,94)(H,76,91)(H,77,97)(H,78,98)(H,79,92)(H,80,96)(H,81,95)(H,82,93)(H,83,99)(H,84,100)(H,88,89)(H,101,102)/t36-,41-,42+,43-,44+,45-,46+,47+,48-,51+,52-,53+,54+/m0/s1. The number of aliphatic hydroxyl groups excluding tert-OH is 2. The van der Waals surface area contributed by atoms with Gasteiger partial charge in [-0.2, -0.15) is 0 Å². The van der Waals surface area contributed by atoms with Gasteiger partial charge in [-0.3, -0.25) is 62.3 Å². The molecule has 0 saturated heterocycles. The third-order valence-electron chi connectivity index (χ3n) is 16.7. The highest BCUT2D eigenvalue weighted by atomic mass is 16.4. The first-order chi connectivity index (χ1) is 48.0. The van der Waals surface area contributed by atoms with Crippen LogP contribution in [0.4, 0.5) is 0 Å². The van der Waals surface area contributed by atoms with E-state index in [0.29, 0.717) is 28.5 Å². The summed E-state index contributed by atoms with van der Waals surface area (Å²) in [6, 6.07) is -2.75. The largest absolute Gasteiger partial charge is 0.481 e. The van der Waals surface area contributed by atoms with Crippen LogP contribution in [0.3, 0.4) is 0 Å². The second-order valence-corrected chi connectivity index (χ2v) is 26.6. The summed E-state index contributed by atoms with van der Waals surface area (Å²) in [6.07, 6.45) is -0.495. The summed E-state index contributed by atoms with van der Waals surface area (Å²) in [5, 5.41) is 70.8. The number of nitrogens with one attached hydrogen (secondary N) is 13. The number of nitrogens with two attached hydrogens (primary N) is 4. The average Bonchev–Trinajstić information content (AvgIpc) is 1.18. The number of carbonyl (C=O) groups excluding carboxylic acids is 12. The fraction of sp³-hybridized carbons (Fsp3) is 0.582. The number of carboxylic acid groups (broad SMARTS) is 2. The molecule has 35 nitrogen and oxygen atoms in total. The van der Waals surface area contributed by atoms with Crippen LogP contribution in [-0.2, 0) is 80.0 Å². The van der Waals surface area contributed by atoms with E-state index in [1.165, 1.54) is 0 Å². The van der Waals surface area contributed by atoms with E-state index in [9.17, 15) is 87.5 Å². The van der Waals surface area contributed by atoms with Crippen LogP contribution >= 0.6 is 0 Å². The molecular weight excluding hydrogens is 1330 g/mol. The first kappa shape index (κ1) is 86.5. The van der Waals surface area contributed by atoms with Crippen LogP contribution in [0.15, 0.2) is 60.8 Å². The molecule has 2 aromatic carbocycles. The van der Waals surface area contributed by atoms with Gasteiger partial charge in [-0.25, -0.2) is 4.79 Å². The number of aliphatic carboxylic acids is 2. The quantitative estimate of drug-likeness (QED) is 0.0252. The highest BCUT2D eigenvalue weighted by Gasteiger charge is 2.40. The molecule has 3 aromatic rings. The lowest BCUT2D eigenvalue weighted by Crippen LogP contribution is -2.62. The zero-order valence-corrected chi connectivity index (χ0v) is 59.1. The fourth-order valence-electron chi connectivity index (χ4n) is 10.4. The van der Waals surface area contributed by atoms with Gasteiger partial charge in [0, 0.05) is 36.4 Å². The van der Waals surface area contributed by atoms with E-state index >= 15 is 0 Å². The maximum atomic E-state index is 14.5. The molecule has 0 radical (unpaired) electrons. The normalized spacial score (nSPS) is 15.3. The molecule has 1 aromatic heterocycles. The van der Waals surface area contributed by atoms with Gasteiger partial charge in [-0.05, 0) is 85.7 Å². The summed E-state index contributed by atoms with van der Waals surface area (Å²) in [6.45, 7) is 11.3. The van der Waals surface area contributed by atoms with E-state index in [2.05, 4.69) is 68.8 Å². The van der Waals surface area contributed by atoms with Gasteiger partial charge in [0.1, 0.15) is 66.5 Å². The van der Waals surface area contributed by atoms with Crippen LogP contribution in [0.25, 0.3) is 10.9 Å². The minimum Gasteiger partial charge on any atom is -0.481 e. The number of para-hydroxylation sites is 1. The van der Waals surface area contributed by atoms with Crippen molar-refractivity contribution in [3.05, 3.63) is 71.9 Å². The molecule has 13 atom stereocenters. The third-order valence-corrected chi connectivity index (χ3v) is 16.7. The maximum absolute atomic E-state index is 14.5. The molecule has 3 rings (SSSR count). The number of aromatic amines is 1. The van der Waals surface area contributed by atoms with E-state index in [-0.39, 0.29) is 57.7 Å². The Hall–Kier alpha value is -9.68. The average molecular weight is 1440 g/mol. The molecule has 566 valence electrons. The number of hydrogen-bond acceptors (Lipinski definition) is 20. The van der Waals surface area contributed by atoms with Crippen LogP contribution < -0.4 is 86.7 Å². The van der Waals surface area contributed by atoms with E-state index in [4.69, 9.17) is 22.9 Å². The SMILES string of the molecule is CC[C@H](C)[C@@H](NC(=O)[C@@H](NC(=O)[C@H](CCC(=O)O)NC(=O)[C@H](Cc1ccccc1)NC(=O)[C@@H](CCN)NC(=O)[C@H](CCN)NC(=O)[C@H](CO)NC(=O)[C@@H](Cc1c[nH]c2ccccc12)NC(=O)[C@@H](CO)NC(=O)CNC(=O)[C@@H](CCN)NC(=O)[C@H](N)C(C)C)C(C)C)C(=O)N[C@H](C(=O)O)C(C)(C)C. The van der Waals surface area contributed by atoms with Crippen molar-refractivity contribution in [3.8, 4) is 0 Å². The highest BCUT2D eigenvalue weighted by molar-refractivity contribution is 6.00. The predicted molar refractivity (Wildman–Crippen MR) is 373 cm³/mol. The molecule has 0 aliphatic carbocycles. The van der Waals surface area contributed by atoms with Crippen molar-refractivity contribution in [2.75, 3.05) is 39.4 Å². The number of H-pyrrole nitrogens is 1. The molecule has 0 fully saturated rings. The van der Waals surface area contributed by atoms with Gasteiger partial charge in [0.05, 0.1) is 25.8 Å². The minimum absolute atomic E-state index is 0.0244. The van der Waals surface area contributed by atoms with Gasteiger partial charge < -0.3 is 112 Å². The molecule has 0 spiro atoms. The summed E-state index contributed by atoms with van der Waals surface area (Å²) in [5.74, 6) is -15.7. The molecule has 35 heteroatoms. The smallest absolute Gasteiger partial charge is 0.326 e. The first-order valence-corrected chi connectivity index (χ1v) is 33.8. The molecule has 25 N–H and O–H groups in total. The highest BCUT2D eigenvalue weighted by Crippen LogP contribution is 2.22. The number of carbonyl (C=O) groups is 14. The van der Waals surface area contributed by atoms with Crippen LogP contribution in [0.2, 0.25) is 0 Å². The fourth-order valence-corrected chi connectivity index (χ4v) is 10.4. The molecule has 1 heterocycles. The Balaban J connectivity index is 1.88. The summed E-state index contributed by atoms with van der Waals surface area (Å²) in [7, 11) is 0. The van der Waals surface area contributed by atoms with Crippen molar-refractivity contribution >= 4 is 93.7 Å². The molecular formula is C67H105N17O18. The molecule has 12 amide bonds. The number of rotatable bonds is 44. The number of aromatic nitrogens is 1. The first-order valence-electron chi connectivity index (χ1n) is 33.8. The van der Waals surface area contributed by atoms with Crippen molar-refractivity contribution < 1.29 is 87.5 Å². The zero-order chi connectivity index (χ0) is 76.7. The zero-order valence-electron chi connectivity index (χ0n) is 59.1. The predicted octanol–water partition coefficient (Wildman–Crippen LogP) is -4.89. The lowest BCUT2D eigenvalue weighted by molar-refractivity contribution is -0.146. The van der Waals surface area contributed by atoms with Gasteiger partial charge in [-0.1, -0.05) is 117 Å². The number of carboxylic acids is 2. The molecule has 0 bridgehead atoms. The molecule has 0 saturated carbocycles. The van der Waals surface area contributed by atoms with Gasteiger partial charge in [-0.15, -0.1) is 0 Å². The Kier molecular flexibility index (Phi) is 36.1. The Morgan fingerprint density at radius 3 is 1.37 bits per heavy atom. The molecule has 0 aliphatic heterocycles. The van der Waals surface area contributed by atoms with Crippen molar-refractivity contribution in [3.63, 3.8) is 0 Å². The Labute approximate surface area is 591 Å². The number of aliphatic hydroxyl groups is 2. The summed E-state index contributed by atoms with van der Waals surface area (Å²) in [5.41, 5.74) is 24.1. The lowest BCUT2D eigenvalue weighted by Gasteiger charge is -2.32. The number of amides is 12. The summed E-state index contributed by atoms with van der Waals surface area (Å²) >= 11 is 0. The third kappa shape index (κ3) is 27.7. The van der Waals surface area contributed by atoms with Crippen molar-refractivity contribution in [1.82, 2.24) is 68.8 Å². The minimum atomic E-state index is -1.86. The Bertz CT molecular complexity index is 3350. The van der Waals surface area contributed by atoms with E-state index in [1.807, 2.05) is 0 Å². The Morgan fingerprint density at radius 1 is 0.471 bits per heavy atom. The van der Waals surface area contributed by atoms with Crippen LogP contribution in [0, 0.1) is 23.2 Å². The topological polar surface area (TPSA) is 584 Å². The number of hydrogen-bond donors (Lipinski definition) is 21. The van der Waals surface area contributed by atoms with Crippen molar-refractivity contribution in [2.45, 2.75) is 186 Å². The lowest BCUT2D eigenvalue weighted by atomic mass is 9.86. The van der Waals surface area contributed by atoms with E-state index in [1.54, 1.807) is 123 Å². The monoisotopic (exact) mass is 1440 g/mol. The number of fused-ring (bicyclic) bond motifs is 1. The maximum Gasteiger partial charge on any atom is 0.326 e. The molecule has 102 heavy (non-hydrogen) atoms. The summed E-state index contributed by atoms with van der Waals surface area (Å²) < 4.78 is 0. The van der Waals surface area contributed by atoms with Gasteiger partial charge in [0.15, 0.2) is 0 Å². The second kappa shape index (κ2) is 42.5. The van der Waals surface area contributed by atoms with Gasteiger partial charge in [0.2, 0.25) is 70.9 Å². The van der Waals surface area contributed by atoms with Gasteiger partial charge >= 0.3 is 11.9 Å². The Morgan fingerprint density at radius 2 is 0.892 bits per heavy atom. The van der Waals surface area contributed by atoms with Crippen molar-refractivity contribution in [1.29, 1.82) is 0 Å².